The van der Waals surface area contributed by atoms with Crippen LogP contribution in [-0.4, -0.2) is 26.1 Å². The molecule has 0 saturated heterocycles. The molecular weight excluding hydrogens is 338 g/mol. The Labute approximate surface area is 150 Å². The van der Waals surface area contributed by atoms with Crippen molar-refractivity contribution >= 4 is 23.2 Å². The third-order valence-electron chi connectivity index (χ3n) is 3.71. The van der Waals surface area contributed by atoms with E-state index in [1.807, 2.05) is 36.4 Å². The van der Waals surface area contributed by atoms with Gasteiger partial charge in [-0.2, -0.15) is 4.80 Å². The Hall–Kier alpha value is -2.73. The van der Waals surface area contributed by atoms with E-state index in [2.05, 4.69) is 34.6 Å². The minimum absolute atomic E-state index is 0.0244. The first-order valence-corrected chi connectivity index (χ1v) is 8.33. The van der Waals surface area contributed by atoms with Gasteiger partial charge >= 0.3 is 0 Å². The molecule has 0 radical (unpaired) electrons. The second-order valence-corrected chi connectivity index (χ2v) is 6.36. The Balaban J connectivity index is 1.65. The number of nitrogens with zero attached hydrogens (tertiary/aromatic N) is 4. The van der Waals surface area contributed by atoms with Crippen LogP contribution in [0.3, 0.4) is 0 Å². The normalized spacial score (nSPS) is 10.9. The van der Waals surface area contributed by atoms with Crippen LogP contribution in [0.2, 0.25) is 5.02 Å². The fraction of sp³-hybridized carbons (Fsp3) is 0.222. The van der Waals surface area contributed by atoms with Gasteiger partial charge in [0.05, 0.1) is 5.02 Å². The topological polar surface area (TPSA) is 72.7 Å². The quantitative estimate of drug-likeness (QED) is 0.756. The molecule has 0 aliphatic heterocycles. The maximum Gasteiger partial charge on any atom is 0.248 e. The number of halogens is 1. The number of tetrazole rings is 1. The number of nitrogens with one attached hydrogen (secondary N) is 1. The first kappa shape index (κ1) is 17.1. The zero-order valence-corrected chi connectivity index (χ0v) is 14.7. The third-order valence-corrected chi connectivity index (χ3v) is 4.04. The highest BCUT2D eigenvalue weighted by atomic mass is 35.5. The Morgan fingerprint density at radius 2 is 1.88 bits per heavy atom. The van der Waals surface area contributed by atoms with Gasteiger partial charge in [0, 0.05) is 11.3 Å². The lowest BCUT2D eigenvalue weighted by Crippen LogP contribution is -2.20. The fourth-order valence-electron chi connectivity index (χ4n) is 2.34. The summed E-state index contributed by atoms with van der Waals surface area (Å²) >= 11 is 6.12. The molecule has 0 spiro atoms. The van der Waals surface area contributed by atoms with Gasteiger partial charge in [0.1, 0.15) is 6.54 Å². The number of carbonyl (C=O) groups is 1. The van der Waals surface area contributed by atoms with Gasteiger partial charge in [-0.25, -0.2) is 0 Å². The van der Waals surface area contributed by atoms with Crippen LogP contribution >= 0.6 is 11.6 Å². The number of benzene rings is 2. The van der Waals surface area contributed by atoms with Crippen molar-refractivity contribution in [2.75, 3.05) is 5.32 Å². The minimum Gasteiger partial charge on any atom is -0.324 e. The molecule has 0 aliphatic carbocycles. The first-order chi connectivity index (χ1) is 12.0. The average molecular weight is 356 g/mol. The predicted molar refractivity (Wildman–Crippen MR) is 97.4 cm³/mol. The van der Waals surface area contributed by atoms with Crippen molar-refractivity contribution in [3.05, 3.63) is 59.1 Å². The zero-order valence-electron chi connectivity index (χ0n) is 14.0. The highest BCUT2D eigenvalue weighted by molar-refractivity contribution is 6.33. The molecule has 7 heteroatoms. The summed E-state index contributed by atoms with van der Waals surface area (Å²) in [6, 6.07) is 15.0. The van der Waals surface area contributed by atoms with Crippen LogP contribution in [0.1, 0.15) is 25.3 Å². The molecule has 0 bridgehead atoms. The van der Waals surface area contributed by atoms with Crippen LogP contribution in [0.4, 0.5) is 5.69 Å². The molecule has 0 aliphatic rings. The van der Waals surface area contributed by atoms with E-state index in [0.717, 1.165) is 5.69 Å². The summed E-state index contributed by atoms with van der Waals surface area (Å²) < 4.78 is 0. The molecule has 3 aromatic rings. The van der Waals surface area contributed by atoms with Crippen molar-refractivity contribution < 1.29 is 4.79 Å². The second-order valence-electron chi connectivity index (χ2n) is 5.95. The number of hydrogen-bond acceptors (Lipinski definition) is 4. The van der Waals surface area contributed by atoms with Crippen molar-refractivity contribution in [3.63, 3.8) is 0 Å². The van der Waals surface area contributed by atoms with E-state index >= 15 is 0 Å². The molecule has 1 heterocycles. The predicted octanol–water partition coefficient (Wildman–Crippen LogP) is 3.76. The van der Waals surface area contributed by atoms with Crippen LogP contribution < -0.4 is 5.32 Å². The highest BCUT2D eigenvalue weighted by Crippen LogP contribution is 2.23. The molecule has 1 amide bonds. The van der Waals surface area contributed by atoms with Gasteiger partial charge in [0.2, 0.25) is 11.7 Å². The maximum absolute atomic E-state index is 12.1. The van der Waals surface area contributed by atoms with Crippen molar-refractivity contribution in [1.29, 1.82) is 0 Å². The average Bonchev–Trinajstić information content (AvgIpc) is 3.03. The third kappa shape index (κ3) is 4.22. The van der Waals surface area contributed by atoms with Gasteiger partial charge < -0.3 is 5.32 Å². The van der Waals surface area contributed by atoms with E-state index in [0.29, 0.717) is 22.3 Å². The van der Waals surface area contributed by atoms with Crippen molar-refractivity contribution in [1.82, 2.24) is 20.2 Å². The van der Waals surface area contributed by atoms with Crippen LogP contribution in [0.5, 0.6) is 0 Å². The van der Waals surface area contributed by atoms with Crippen LogP contribution in [0, 0.1) is 0 Å². The summed E-state index contributed by atoms with van der Waals surface area (Å²) in [7, 11) is 0. The molecule has 25 heavy (non-hydrogen) atoms. The van der Waals surface area contributed by atoms with Crippen LogP contribution in [-0.2, 0) is 11.3 Å². The Morgan fingerprint density at radius 1 is 1.16 bits per heavy atom. The van der Waals surface area contributed by atoms with Gasteiger partial charge in [-0.05, 0) is 41.0 Å². The molecule has 6 nitrogen and oxygen atoms in total. The van der Waals surface area contributed by atoms with Gasteiger partial charge in [-0.15, -0.1) is 10.2 Å². The lowest BCUT2D eigenvalue weighted by atomic mass is 10.0. The molecule has 128 valence electrons. The van der Waals surface area contributed by atoms with E-state index in [1.165, 1.54) is 10.4 Å². The zero-order chi connectivity index (χ0) is 17.8. The van der Waals surface area contributed by atoms with Gasteiger partial charge in [0.15, 0.2) is 0 Å². The van der Waals surface area contributed by atoms with E-state index in [1.54, 1.807) is 12.1 Å². The summed E-state index contributed by atoms with van der Waals surface area (Å²) in [6.07, 6.45) is 0. The number of amides is 1. The van der Waals surface area contributed by atoms with Crippen LogP contribution in [0.15, 0.2) is 48.5 Å². The van der Waals surface area contributed by atoms with E-state index in [-0.39, 0.29) is 12.5 Å². The standard InChI is InChI=1S/C18H18ClN5O/c1-12(2)13-7-9-14(10-8-13)20-17(25)11-24-22-18(21-23-24)15-5-3-4-6-16(15)19/h3-10,12H,11H2,1-2H3,(H,20,25). The first-order valence-electron chi connectivity index (χ1n) is 7.95. The summed E-state index contributed by atoms with van der Waals surface area (Å²) in [5.41, 5.74) is 2.64. The van der Waals surface area contributed by atoms with Crippen molar-refractivity contribution in [2.24, 2.45) is 0 Å². The number of anilines is 1. The Morgan fingerprint density at radius 3 is 2.56 bits per heavy atom. The molecule has 1 N–H and O–H groups in total. The number of hydrogen-bond donors (Lipinski definition) is 1. The van der Waals surface area contributed by atoms with E-state index in [4.69, 9.17) is 11.6 Å². The molecule has 1 aromatic heterocycles. The lowest BCUT2D eigenvalue weighted by Gasteiger charge is -2.08. The lowest BCUT2D eigenvalue weighted by molar-refractivity contribution is -0.117. The largest absolute Gasteiger partial charge is 0.324 e. The summed E-state index contributed by atoms with van der Waals surface area (Å²) in [6.45, 7) is 4.23. The monoisotopic (exact) mass is 355 g/mol. The number of carbonyl (C=O) groups excluding carboxylic acids is 1. The molecule has 0 saturated carbocycles. The molecular formula is C18H18ClN5O. The molecule has 2 aromatic carbocycles. The summed E-state index contributed by atoms with van der Waals surface area (Å²) in [4.78, 5) is 13.4. The van der Waals surface area contributed by atoms with Crippen molar-refractivity contribution in [3.8, 4) is 11.4 Å². The highest BCUT2D eigenvalue weighted by Gasteiger charge is 2.11. The fourth-order valence-corrected chi connectivity index (χ4v) is 2.56. The smallest absolute Gasteiger partial charge is 0.248 e. The van der Waals surface area contributed by atoms with Gasteiger partial charge in [0.25, 0.3) is 0 Å². The maximum atomic E-state index is 12.1. The second kappa shape index (κ2) is 7.44. The van der Waals surface area contributed by atoms with Crippen molar-refractivity contribution in [2.45, 2.75) is 26.3 Å². The summed E-state index contributed by atoms with van der Waals surface area (Å²) in [5, 5.41) is 15.4. The van der Waals surface area contributed by atoms with Gasteiger partial charge in [-0.1, -0.05) is 49.7 Å². The number of aromatic nitrogens is 4. The Kier molecular flexibility index (Phi) is 5.09. The molecule has 0 atom stereocenters. The SMILES string of the molecule is CC(C)c1ccc(NC(=O)Cn2nnc(-c3ccccc3Cl)n2)cc1. The van der Waals surface area contributed by atoms with Gasteiger partial charge in [-0.3, -0.25) is 4.79 Å². The Bertz CT molecular complexity index is 873. The molecule has 3 rings (SSSR count). The number of rotatable bonds is 5. The molecule has 0 fully saturated rings. The minimum atomic E-state index is -0.222. The summed E-state index contributed by atoms with van der Waals surface area (Å²) in [5.74, 6) is 0.618. The van der Waals surface area contributed by atoms with E-state index < -0.39 is 0 Å². The molecule has 0 unspecified atom stereocenters. The van der Waals surface area contributed by atoms with Crippen LogP contribution in [0.25, 0.3) is 11.4 Å². The van der Waals surface area contributed by atoms with E-state index in [9.17, 15) is 4.79 Å².